The Kier molecular flexibility index (Phi) is 3.21. The fourth-order valence-corrected chi connectivity index (χ4v) is 3.13. The predicted octanol–water partition coefficient (Wildman–Crippen LogP) is 4.51. The topological polar surface area (TPSA) is 57.4 Å². The lowest BCUT2D eigenvalue weighted by Crippen LogP contribution is -1.99. The van der Waals surface area contributed by atoms with Gasteiger partial charge < -0.3 is 9.55 Å². The highest BCUT2D eigenvalue weighted by atomic mass is 15.0. The maximum atomic E-state index is 9.19. The summed E-state index contributed by atoms with van der Waals surface area (Å²) in [6.45, 7) is 3.99. The van der Waals surface area contributed by atoms with Gasteiger partial charge in [0.25, 0.3) is 0 Å². The van der Waals surface area contributed by atoms with Crippen LogP contribution >= 0.6 is 0 Å². The third kappa shape index (κ3) is 2.19. The molecular weight excluding hydrogens is 296 g/mol. The lowest BCUT2D eigenvalue weighted by atomic mass is 10.2. The number of rotatable bonds is 2. The van der Waals surface area contributed by atoms with Crippen LogP contribution in [0.4, 0.5) is 0 Å². The van der Waals surface area contributed by atoms with Gasteiger partial charge in [-0.15, -0.1) is 0 Å². The number of aryl methyl sites for hydroxylation is 1. The van der Waals surface area contributed by atoms with Crippen molar-refractivity contribution in [2.45, 2.75) is 13.8 Å². The molecule has 0 spiro atoms. The van der Waals surface area contributed by atoms with Gasteiger partial charge in [-0.25, -0.2) is 4.98 Å². The first-order valence-electron chi connectivity index (χ1n) is 7.82. The number of nitriles is 1. The molecule has 4 aromatic rings. The molecule has 0 atom stereocenters. The van der Waals surface area contributed by atoms with Crippen LogP contribution in [-0.4, -0.2) is 14.5 Å². The van der Waals surface area contributed by atoms with Gasteiger partial charge in [0.15, 0.2) is 0 Å². The zero-order chi connectivity index (χ0) is 16.7. The van der Waals surface area contributed by atoms with Crippen molar-refractivity contribution in [3.63, 3.8) is 0 Å². The van der Waals surface area contributed by atoms with Crippen molar-refractivity contribution in [1.29, 1.82) is 5.26 Å². The first-order chi connectivity index (χ1) is 11.7. The van der Waals surface area contributed by atoms with E-state index in [2.05, 4.69) is 44.9 Å². The van der Waals surface area contributed by atoms with Gasteiger partial charge in [0, 0.05) is 22.6 Å². The first-order valence-corrected chi connectivity index (χ1v) is 7.82. The summed E-state index contributed by atoms with van der Waals surface area (Å²) in [5.41, 5.74) is 6.82. The van der Waals surface area contributed by atoms with Crippen LogP contribution in [0.1, 0.15) is 17.0 Å². The smallest absolute Gasteiger partial charge is 0.138 e. The first kappa shape index (κ1) is 14.3. The highest BCUT2D eigenvalue weighted by Crippen LogP contribution is 2.24. The minimum absolute atomic E-state index is 0.717. The molecule has 2 aromatic heterocycles. The van der Waals surface area contributed by atoms with E-state index < -0.39 is 0 Å². The Hall–Kier alpha value is -3.32. The van der Waals surface area contributed by atoms with Crippen molar-refractivity contribution in [3.05, 3.63) is 71.5 Å². The van der Waals surface area contributed by atoms with E-state index in [9.17, 15) is 5.26 Å². The number of nitrogens with zero attached hydrogens (tertiary/aromatic N) is 3. The zero-order valence-electron chi connectivity index (χ0n) is 13.5. The molecule has 116 valence electrons. The highest BCUT2D eigenvalue weighted by Gasteiger charge is 2.11. The van der Waals surface area contributed by atoms with Crippen LogP contribution < -0.4 is 0 Å². The molecule has 2 aromatic carbocycles. The summed E-state index contributed by atoms with van der Waals surface area (Å²) in [6.07, 6.45) is 0. The molecule has 0 aliphatic rings. The average molecular weight is 312 g/mol. The summed E-state index contributed by atoms with van der Waals surface area (Å²) < 4.78 is 2.10. The minimum Gasteiger partial charge on any atom is -0.338 e. The minimum atomic E-state index is 0.717. The van der Waals surface area contributed by atoms with Crippen LogP contribution in [0.15, 0.2) is 54.6 Å². The molecule has 4 rings (SSSR count). The molecule has 4 nitrogen and oxygen atoms in total. The van der Waals surface area contributed by atoms with Gasteiger partial charge in [-0.2, -0.15) is 5.26 Å². The fraction of sp³-hybridized carbons (Fsp3) is 0.100. The summed E-state index contributed by atoms with van der Waals surface area (Å²) in [5.74, 6) is 0.862. The largest absolute Gasteiger partial charge is 0.338 e. The summed E-state index contributed by atoms with van der Waals surface area (Å²) >= 11 is 0. The van der Waals surface area contributed by atoms with E-state index in [1.807, 2.05) is 44.2 Å². The van der Waals surface area contributed by atoms with Crippen molar-refractivity contribution < 1.29 is 0 Å². The van der Waals surface area contributed by atoms with Crippen LogP contribution in [0.25, 0.3) is 28.1 Å². The van der Waals surface area contributed by atoms with Gasteiger partial charge in [0.2, 0.25) is 0 Å². The number of fused-ring (bicyclic) bond motifs is 1. The second-order valence-corrected chi connectivity index (χ2v) is 5.88. The second kappa shape index (κ2) is 5.39. The van der Waals surface area contributed by atoms with E-state index in [1.54, 1.807) is 0 Å². The summed E-state index contributed by atoms with van der Waals surface area (Å²) in [6, 6.07) is 20.4. The Balaban J connectivity index is 1.75. The molecule has 0 fully saturated rings. The molecule has 0 saturated carbocycles. The van der Waals surface area contributed by atoms with Crippen LogP contribution in [-0.2, 0) is 0 Å². The molecule has 0 amide bonds. The lowest BCUT2D eigenvalue weighted by molar-refractivity contribution is 0.964. The van der Waals surface area contributed by atoms with E-state index in [1.165, 1.54) is 0 Å². The number of benzene rings is 2. The number of aromatic nitrogens is 3. The number of para-hydroxylation sites is 2. The maximum Gasteiger partial charge on any atom is 0.138 e. The van der Waals surface area contributed by atoms with Crippen LogP contribution in [0.5, 0.6) is 0 Å². The summed E-state index contributed by atoms with van der Waals surface area (Å²) in [7, 11) is 0. The normalized spacial score (nSPS) is 10.9. The van der Waals surface area contributed by atoms with Crippen molar-refractivity contribution in [2.24, 2.45) is 0 Å². The summed E-state index contributed by atoms with van der Waals surface area (Å²) in [4.78, 5) is 7.98. The average Bonchev–Trinajstić information content (AvgIpc) is 3.16. The molecule has 0 bridgehead atoms. The number of imidazole rings is 1. The molecule has 0 radical (unpaired) electrons. The van der Waals surface area contributed by atoms with E-state index in [0.717, 1.165) is 39.5 Å². The molecule has 0 unspecified atom stereocenters. The number of nitrogens with one attached hydrogen (secondary N) is 1. The Morgan fingerprint density at radius 1 is 1.04 bits per heavy atom. The van der Waals surface area contributed by atoms with E-state index in [0.29, 0.717) is 5.56 Å². The number of aromatic amines is 1. The van der Waals surface area contributed by atoms with Crippen molar-refractivity contribution in [1.82, 2.24) is 14.5 Å². The molecule has 0 saturated heterocycles. The van der Waals surface area contributed by atoms with Crippen molar-refractivity contribution >= 4 is 11.0 Å². The molecule has 24 heavy (non-hydrogen) atoms. The number of H-pyrrole nitrogens is 1. The molecule has 4 heteroatoms. The van der Waals surface area contributed by atoms with E-state index >= 15 is 0 Å². The Bertz CT molecular complexity index is 1040. The van der Waals surface area contributed by atoms with Crippen LogP contribution in [0.2, 0.25) is 0 Å². The van der Waals surface area contributed by atoms with Gasteiger partial charge in [-0.1, -0.05) is 12.1 Å². The second-order valence-electron chi connectivity index (χ2n) is 5.88. The zero-order valence-corrected chi connectivity index (χ0v) is 13.5. The Labute approximate surface area is 140 Å². The highest BCUT2D eigenvalue weighted by molar-refractivity contribution is 5.79. The SMILES string of the molecule is Cc1cc(C#N)c(C)n1-c1ccc(-c2nc3ccccc3[nH]2)cc1. The van der Waals surface area contributed by atoms with Gasteiger partial charge in [-0.3, -0.25) is 0 Å². The fourth-order valence-electron chi connectivity index (χ4n) is 3.13. The molecular formula is C20H16N4. The quantitative estimate of drug-likeness (QED) is 0.592. The molecule has 2 heterocycles. The monoisotopic (exact) mass is 312 g/mol. The Morgan fingerprint density at radius 3 is 2.46 bits per heavy atom. The Morgan fingerprint density at radius 2 is 1.79 bits per heavy atom. The third-order valence-electron chi connectivity index (χ3n) is 4.34. The predicted molar refractivity (Wildman–Crippen MR) is 95.0 cm³/mol. The molecule has 0 aliphatic heterocycles. The third-order valence-corrected chi connectivity index (χ3v) is 4.34. The lowest BCUT2D eigenvalue weighted by Gasteiger charge is -2.09. The number of hydrogen-bond donors (Lipinski definition) is 1. The van der Waals surface area contributed by atoms with E-state index in [4.69, 9.17) is 0 Å². The van der Waals surface area contributed by atoms with Gasteiger partial charge >= 0.3 is 0 Å². The van der Waals surface area contributed by atoms with Gasteiger partial charge in [0.05, 0.1) is 16.6 Å². The maximum absolute atomic E-state index is 9.19. The van der Waals surface area contributed by atoms with Crippen LogP contribution in [0.3, 0.4) is 0 Å². The van der Waals surface area contributed by atoms with E-state index in [-0.39, 0.29) is 0 Å². The van der Waals surface area contributed by atoms with Gasteiger partial charge in [-0.05, 0) is 56.3 Å². The molecule has 1 N–H and O–H groups in total. The summed E-state index contributed by atoms with van der Waals surface area (Å²) in [5, 5.41) is 9.19. The molecule has 0 aliphatic carbocycles. The van der Waals surface area contributed by atoms with Crippen molar-refractivity contribution in [2.75, 3.05) is 0 Å². The van der Waals surface area contributed by atoms with Crippen molar-refractivity contribution in [3.8, 4) is 23.1 Å². The van der Waals surface area contributed by atoms with Crippen LogP contribution in [0, 0.1) is 25.2 Å². The standard InChI is InChI=1S/C20H16N4/c1-13-11-16(12-21)14(2)24(13)17-9-7-15(8-10-17)20-22-18-5-3-4-6-19(18)23-20/h3-11H,1-2H3,(H,22,23). The number of hydrogen-bond acceptors (Lipinski definition) is 2. The van der Waals surface area contributed by atoms with Gasteiger partial charge in [0.1, 0.15) is 11.9 Å².